The number of rotatable bonds is 7. The molecular weight excluding hydrogens is 238 g/mol. The molecule has 0 amide bonds. The smallest absolute Gasteiger partial charge is 0.118 e. The summed E-state index contributed by atoms with van der Waals surface area (Å²) < 4.78 is 5.72. The van der Waals surface area contributed by atoms with E-state index in [0.29, 0.717) is 6.54 Å². The Balaban J connectivity index is 1.99. The van der Waals surface area contributed by atoms with Gasteiger partial charge in [-0.25, -0.2) is 0 Å². The van der Waals surface area contributed by atoms with Crippen LogP contribution in [0.15, 0.2) is 46.9 Å². The largest absolute Gasteiger partial charge is 0.465 e. The first-order chi connectivity index (χ1) is 9.31. The van der Waals surface area contributed by atoms with Crippen molar-refractivity contribution >= 4 is 0 Å². The van der Waals surface area contributed by atoms with E-state index in [1.807, 2.05) is 30.3 Å². The summed E-state index contributed by atoms with van der Waals surface area (Å²) in [6.45, 7) is 4.45. The second-order valence-corrected chi connectivity index (χ2v) is 4.64. The Bertz CT molecular complexity index is 479. The van der Waals surface area contributed by atoms with Gasteiger partial charge in [-0.3, -0.25) is 4.90 Å². The van der Waals surface area contributed by atoms with E-state index in [4.69, 9.17) is 4.42 Å². The maximum atomic E-state index is 9.17. The number of nitrogens with zero attached hydrogens (tertiary/aromatic N) is 1. The summed E-state index contributed by atoms with van der Waals surface area (Å²) in [5.74, 6) is 1.97. The van der Waals surface area contributed by atoms with Crippen molar-refractivity contribution < 1.29 is 9.52 Å². The topological polar surface area (TPSA) is 36.6 Å². The number of aryl methyl sites for hydroxylation is 1. The Morgan fingerprint density at radius 3 is 2.37 bits per heavy atom. The highest BCUT2D eigenvalue weighted by molar-refractivity contribution is 5.15. The molecule has 0 atom stereocenters. The molecule has 3 nitrogen and oxygen atoms in total. The summed E-state index contributed by atoms with van der Waals surface area (Å²) in [5, 5.41) is 9.17. The molecule has 1 aromatic heterocycles. The van der Waals surface area contributed by atoms with E-state index in [9.17, 15) is 5.11 Å². The van der Waals surface area contributed by atoms with Gasteiger partial charge in [-0.05, 0) is 17.7 Å². The first kappa shape index (κ1) is 13.8. The number of hydrogen-bond donors (Lipinski definition) is 1. The van der Waals surface area contributed by atoms with Gasteiger partial charge in [-0.1, -0.05) is 37.3 Å². The first-order valence-electron chi connectivity index (χ1n) is 6.76. The molecule has 102 valence electrons. The molecule has 0 saturated carbocycles. The van der Waals surface area contributed by atoms with Crippen LogP contribution in [0.4, 0.5) is 0 Å². The number of benzene rings is 1. The van der Waals surface area contributed by atoms with Gasteiger partial charge in [0.15, 0.2) is 0 Å². The zero-order valence-corrected chi connectivity index (χ0v) is 11.4. The summed E-state index contributed by atoms with van der Waals surface area (Å²) >= 11 is 0. The quantitative estimate of drug-likeness (QED) is 0.830. The third kappa shape index (κ3) is 4.23. The molecule has 2 rings (SSSR count). The Morgan fingerprint density at radius 1 is 1.00 bits per heavy atom. The number of aliphatic hydroxyl groups is 1. The molecule has 3 heteroatoms. The molecule has 0 aliphatic carbocycles. The fourth-order valence-electron chi connectivity index (χ4n) is 2.11. The van der Waals surface area contributed by atoms with E-state index < -0.39 is 0 Å². The molecule has 0 aliphatic heterocycles. The molecule has 0 bridgehead atoms. The van der Waals surface area contributed by atoms with Crippen LogP contribution in [0.25, 0.3) is 0 Å². The van der Waals surface area contributed by atoms with Crippen LogP contribution >= 0.6 is 0 Å². The van der Waals surface area contributed by atoms with Gasteiger partial charge >= 0.3 is 0 Å². The summed E-state index contributed by atoms with van der Waals surface area (Å²) in [5.41, 5.74) is 1.25. The minimum Gasteiger partial charge on any atom is -0.465 e. The van der Waals surface area contributed by atoms with Gasteiger partial charge in [0.05, 0.1) is 13.2 Å². The molecule has 19 heavy (non-hydrogen) atoms. The Morgan fingerprint density at radius 2 is 1.74 bits per heavy atom. The van der Waals surface area contributed by atoms with Crippen molar-refractivity contribution in [2.45, 2.75) is 26.4 Å². The minimum atomic E-state index is 0.161. The highest BCUT2D eigenvalue weighted by atomic mass is 16.3. The predicted octanol–water partition coefficient (Wildman–Crippen LogP) is 2.84. The van der Waals surface area contributed by atoms with Gasteiger partial charge < -0.3 is 9.52 Å². The van der Waals surface area contributed by atoms with E-state index in [1.54, 1.807) is 0 Å². The molecule has 0 spiro atoms. The average Bonchev–Trinajstić information content (AvgIpc) is 2.88. The summed E-state index contributed by atoms with van der Waals surface area (Å²) in [6, 6.07) is 14.3. The lowest BCUT2D eigenvalue weighted by Gasteiger charge is -2.20. The van der Waals surface area contributed by atoms with E-state index in [1.165, 1.54) is 5.56 Å². The third-order valence-corrected chi connectivity index (χ3v) is 3.11. The van der Waals surface area contributed by atoms with Crippen molar-refractivity contribution in [2.24, 2.45) is 0 Å². The van der Waals surface area contributed by atoms with E-state index in [-0.39, 0.29) is 6.61 Å². The maximum Gasteiger partial charge on any atom is 0.118 e. The lowest BCUT2D eigenvalue weighted by atomic mass is 10.2. The second-order valence-electron chi connectivity index (χ2n) is 4.64. The van der Waals surface area contributed by atoms with Crippen molar-refractivity contribution in [3.63, 3.8) is 0 Å². The van der Waals surface area contributed by atoms with Crippen LogP contribution in [-0.2, 0) is 19.5 Å². The average molecular weight is 259 g/mol. The lowest BCUT2D eigenvalue weighted by molar-refractivity contribution is 0.174. The number of furan rings is 1. The van der Waals surface area contributed by atoms with Crippen LogP contribution in [0.1, 0.15) is 24.0 Å². The fraction of sp³-hybridized carbons (Fsp3) is 0.375. The molecule has 0 radical (unpaired) electrons. The molecule has 0 unspecified atom stereocenters. The predicted molar refractivity (Wildman–Crippen MR) is 75.7 cm³/mol. The minimum absolute atomic E-state index is 0.161. The fourth-order valence-corrected chi connectivity index (χ4v) is 2.11. The van der Waals surface area contributed by atoms with Gasteiger partial charge in [0.25, 0.3) is 0 Å². The van der Waals surface area contributed by atoms with E-state index in [0.717, 1.165) is 31.0 Å². The number of hydrogen-bond acceptors (Lipinski definition) is 3. The molecule has 0 saturated heterocycles. The normalized spacial score (nSPS) is 11.1. The SMILES string of the molecule is CCc1ccc(CN(CCO)Cc2ccccc2)o1. The zero-order valence-electron chi connectivity index (χ0n) is 11.4. The van der Waals surface area contributed by atoms with Crippen molar-refractivity contribution in [3.8, 4) is 0 Å². The summed E-state index contributed by atoms with van der Waals surface area (Å²) in [7, 11) is 0. The molecule has 1 heterocycles. The first-order valence-corrected chi connectivity index (χ1v) is 6.76. The Labute approximate surface area is 114 Å². The number of aliphatic hydroxyl groups excluding tert-OH is 1. The van der Waals surface area contributed by atoms with Crippen LogP contribution in [0.2, 0.25) is 0 Å². The zero-order chi connectivity index (χ0) is 13.5. The van der Waals surface area contributed by atoms with Crippen molar-refractivity contribution in [2.75, 3.05) is 13.2 Å². The Kier molecular flexibility index (Phi) is 5.19. The van der Waals surface area contributed by atoms with Gasteiger partial charge in [-0.15, -0.1) is 0 Å². The van der Waals surface area contributed by atoms with Crippen molar-refractivity contribution in [1.29, 1.82) is 0 Å². The van der Waals surface area contributed by atoms with Crippen molar-refractivity contribution in [1.82, 2.24) is 4.90 Å². The van der Waals surface area contributed by atoms with Gasteiger partial charge in [0.2, 0.25) is 0 Å². The molecular formula is C16H21NO2. The van der Waals surface area contributed by atoms with Gasteiger partial charge in [0, 0.05) is 19.5 Å². The molecule has 1 N–H and O–H groups in total. The van der Waals surface area contributed by atoms with E-state index >= 15 is 0 Å². The summed E-state index contributed by atoms with van der Waals surface area (Å²) in [4.78, 5) is 2.19. The standard InChI is InChI=1S/C16H21NO2/c1-2-15-8-9-16(19-15)13-17(10-11-18)12-14-6-4-3-5-7-14/h3-9,18H,2,10-13H2,1H3. The molecule has 0 fully saturated rings. The van der Waals surface area contributed by atoms with Crippen LogP contribution < -0.4 is 0 Å². The summed E-state index contributed by atoms with van der Waals surface area (Å²) in [6.07, 6.45) is 0.915. The molecule has 1 aromatic carbocycles. The van der Waals surface area contributed by atoms with Crippen LogP contribution in [0.3, 0.4) is 0 Å². The maximum absolute atomic E-state index is 9.17. The highest BCUT2D eigenvalue weighted by Crippen LogP contribution is 2.13. The monoisotopic (exact) mass is 259 g/mol. The van der Waals surface area contributed by atoms with Crippen LogP contribution in [-0.4, -0.2) is 23.2 Å². The Hall–Kier alpha value is -1.58. The lowest BCUT2D eigenvalue weighted by Crippen LogP contribution is -2.25. The molecule has 2 aromatic rings. The highest BCUT2D eigenvalue weighted by Gasteiger charge is 2.09. The third-order valence-electron chi connectivity index (χ3n) is 3.11. The van der Waals surface area contributed by atoms with Gasteiger partial charge in [0.1, 0.15) is 11.5 Å². The van der Waals surface area contributed by atoms with E-state index in [2.05, 4.69) is 24.0 Å². The van der Waals surface area contributed by atoms with Crippen molar-refractivity contribution in [3.05, 3.63) is 59.5 Å². The van der Waals surface area contributed by atoms with Gasteiger partial charge in [-0.2, -0.15) is 0 Å². The van der Waals surface area contributed by atoms with Crippen LogP contribution in [0.5, 0.6) is 0 Å². The van der Waals surface area contributed by atoms with Crippen LogP contribution in [0, 0.1) is 0 Å². The molecule has 0 aliphatic rings. The second kappa shape index (κ2) is 7.12.